The Morgan fingerprint density at radius 3 is 2.44 bits per heavy atom. The molecule has 0 aromatic rings. The number of carbonyl (C=O) groups is 2. The molecule has 1 fully saturated rings. The Morgan fingerprint density at radius 2 is 1.78 bits per heavy atom. The summed E-state index contributed by atoms with van der Waals surface area (Å²) in [5, 5.41) is 28.8. The van der Waals surface area contributed by atoms with E-state index in [1.54, 1.807) is 0 Å². The lowest BCUT2D eigenvalue weighted by Crippen LogP contribution is -2.26. The van der Waals surface area contributed by atoms with Crippen molar-refractivity contribution in [1.29, 1.82) is 0 Å². The van der Waals surface area contributed by atoms with Gasteiger partial charge in [0.1, 0.15) is 12.0 Å². The molecule has 1 rings (SSSR count). The van der Waals surface area contributed by atoms with Crippen LogP contribution in [0.3, 0.4) is 0 Å². The van der Waals surface area contributed by atoms with Gasteiger partial charge in [0.05, 0.1) is 12.2 Å². The first kappa shape index (κ1) is 24.0. The highest BCUT2D eigenvalue weighted by Crippen LogP contribution is 2.37. The van der Waals surface area contributed by atoms with Crippen molar-refractivity contribution in [3.8, 4) is 0 Å². The van der Waals surface area contributed by atoms with Crippen LogP contribution < -0.4 is 0 Å². The predicted octanol–water partition coefficient (Wildman–Crippen LogP) is 4.04. The summed E-state index contributed by atoms with van der Waals surface area (Å²) in [6.07, 6.45) is 5.21. The molecule has 0 spiro atoms. The van der Waals surface area contributed by atoms with E-state index in [2.05, 4.69) is 0 Å². The molecular formula is C21H37FO5. The van der Waals surface area contributed by atoms with E-state index in [1.165, 1.54) is 0 Å². The summed E-state index contributed by atoms with van der Waals surface area (Å²) in [5.41, 5.74) is 0. The summed E-state index contributed by atoms with van der Waals surface area (Å²) >= 11 is 0. The van der Waals surface area contributed by atoms with Gasteiger partial charge in [0.2, 0.25) is 0 Å². The number of alkyl halides is 1. The molecule has 0 aromatic carbocycles. The van der Waals surface area contributed by atoms with Crippen LogP contribution >= 0.6 is 0 Å². The largest absolute Gasteiger partial charge is 0.481 e. The summed E-state index contributed by atoms with van der Waals surface area (Å²) in [5.74, 6) is -1.07. The smallest absolute Gasteiger partial charge is 0.303 e. The van der Waals surface area contributed by atoms with Gasteiger partial charge < -0.3 is 15.3 Å². The fourth-order valence-corrected chi connectivity index (χ4v) is 4.09. The molecule has 0 saturated heterocycles. The van der Waals surface area contributed by atoms with Crippen LogP contribution in [0, 0.1) is 11.8 Å². The minimum absolute atomic E-state index is 0.0793. The zero-order valence-corrected chi connectivity index (χ0v) is 16.6. The molecule has 5 nitrogen and oxygen atoms in total. The van der Waals surface area contributed by atoms with Crippen molar-refractivity contribution in [2.24, 2.45) is 11.8 Å². The average molecular weight is 389 g/mol. The van der Waals surface area contributed by atoms with E-state index in [1.807, 2.05) is 6.92 Å². The van der Waals surface area contributed by atoms with Crippen LogP contribution in [0.4, 0.5) is 4.39 Å². The first-order chi connectivity index (χ1) is 12.9. The van der Waals surface area contributed by atoms with E-state index >= 15 is 0 Å². The van der Waals surface area contributed by atoms with E-state index in [4.69, 9.17) is 5.11 Å². The topological polar surface area (TPSA) is 94.8 Å². The molecule has 1 aliphatic carbocycles. The molecule has 0 amide bonds. The third kappa shape index (κ3) is 9.15. The molecule has 3 N–H and O–H groups in total. The average Bonchev–Trinajstić information content (AvgIpc) is 2.89. The minimum Gasteiger partial charge on any atom is -0.481 e. The number of rotatable bonds is 15. The van der Waals surface area contributed by atoms with E-state index in [0.29, 0.717) is 25.7 Å². The number of carboxylic acids is 1. The number of aliphatic carboxylic acids is 1. The number of hydrogen-bond donors (Lipinski definition) is 3. The monoisotopic (exact) mass is 388 g/mol. The van der Waals surface area contributed by atoms with E-state index in [0.717, 1.165) is 38.5 Å². The first-order valence-electron chi connectivity index (χ1n) is 10.6. The van der Waals surface area contributed by atoms with Crippen LogP contribution in [0.25, 0.3) is 0 Å². The summed E-state index contributed by atoms with van der Waals surface area (Å²) in [4.78, 5) is 22.7. The Bertz CT molecular complexity index is 442. The van der Waals surface area contributed by atoms with Crippen molar-refractivity contribution in [2.45, 2.75) is 109 Å². The molecule has 5 atom stereocenters. The zero-order chi connectivity index (χ0) is 20.2. The van der Waals surface area contributed by atoms with Crippen molar-refractivity contribution >= 4 is 11.8 Å². The van der Waals surface area contributed by atoms with Crippen LogP contribution in [0.2, 0.25) is 0 Å². The molecule has 0 aliphatic heterocycles. The lowest BCUT2D eigenvalue weighted by atomic mass is 9.84. The highest BCUT2D eigenvalue weighted by atomic mass is 19.1. The second-order valence-electron chi connectivity index (χ2n) is 8.01. The standard InChI is InChI=1S/C21H37FO5/c1-2-3-10-17(22)18(23)13-12-16-15(19(24)14-20(16)25)9-7-5-4-6-8-11-21(26)27/h15-18,20,23,25H,2-14H2,1H3,(H,26,27)/t15-,16-,17?,18?,20-/m1/s1. The van der Waals surface area contributed by atoms with Gasteiger partial charge in [0.25, 0.3) is 0 Å². The van der Waals surface area contributed by atoms with Crippen LogP contribution in [0.1, 0.15) is 90.4 Å². The van der Waals surface area contributed by atoms with Gasteiger partial charge in [-0.15, -0.1) is 0 Å². The summed E-state index contributed by atoms with van der Waals surface area (Å²) < 4.78 is 13.9. The Morgan fingerprint density at radius 1 is 1.11 bits per heavy atom. The fourth-order valence-electron chi connectivity index (χ4n) is 4.09. The number of aliphatic hydroxyl groups excluding tert-OH is 2. The van der Waals surface area contributed by atoms with Gasteiger partial charge in [-0.1, -0.05) is 45.4 Å². The summed E-state index contributed by atoms with van der Waals surface area (Å²) in [6.45, 7) is 1.98. The lowest BCUT2D eigenvalue weighted by molar-refractivity contribution is -0.137. The number of carboxylic acid groups (broad SMARTS) is 1. The minimum atomic E-state index is -1.23. The number of ketones is 1. The van der Waals surface area contributed by atoms with Crippen molar-refractivity contribution < 1.29 is 29.3 Å². The van der Waals surface area contributed by atoms with Crippen molar-refractivity contribution in [3.63, 3.8) is 0 Å². The molecule has 0 aromatic heterocycles. The number of hydrogen-bond acceptors (Lipinski definition) is 4. The number of unbranched alkanes of at least 4 members (excludes halogenated alkanes) is 5. The third-order valence-electron chi connectivity index (χ3n) is 5.79. The third-order valence-corrected chi connectivity index (χ3v) is 5.79. The van der Waals surface area contributed by atoms with Crippen LogP contribution in [-0.2, 0) is 9.59 Å². The lowest BCUT2D eigenvalue weighted by Gasteiger charge is -2.23. The second-order valence-corrected chi connectivity index (χ2v) is 8.01. The van der Waals surface area contributed by atoms with Gasteiger partial charge in [-0.25, -0.2) is 4.39 Å². The van der Waals surface area contributed by atoms with E-state index in [-0.39, 0.29) is 36.9 Å². The van der Waals surface area contributed by atoms with Gasteiger partial charge in [-0.3, -0.25) is 9.59 Å². The van der Waals surface area contributed by atoms with Gasteiger partial charge in [-0.2, -0.15) is 0 Å². The molecule has 27 heavy (non-hydrogen) atoms. The highest BCUT2D eigenvalue weighted by Gasteiger charge is 2.40. The maximum absolute atomic E-state index is 13.9. The Labute approximate surface area is 162 Å². The first-order valence-corrected chi connectivity index (χ1v) is 10.6. The Balaban J connectivity index is 2.32. The molecule has 158 valence electrons. The number of carbonyl (C=O) groups excluding carboxylic acids is 1. The van der Waals surface area contributed by atoms with E-state index in [9.17, 15) is 24.2 Å². The van der Waals surface area contributed by atoms with Crippen molar-refractivity contribution in [3.05, 3.63) is 0 Å². The Hall–Kier alpha value is -1.01. The Kier molecular flexibility index (Phi) is 11.8. The highest BCUT2D eigenvalue weighted by molar-refractivity contribution is 5.84. The summed E-state index contributed by atoms with van der Waals surface area (Å²) in [6, 6.07) is 0. The van der Waals surface area contributed by atoms with Crippen molar-refractivity contribution in [1.82, 2.24) is 0 Å². The maximum Gasteiger partial charge on any atom is 0.303 e. The molecular weight excluding hydrogens is 351 g/mol. The van der Waals surface area contributed by atoms with Gasteiger partial charge in [-0.05, 0) is 38.0 Å². The van der Waals surface area contributed by atoms with Crippen LogP contribution in [0.15, 0.2) is 0 Å². The molecule has 0 bridgehead atoms. The van der Waals surface area contributed by atoms with Gasteiger partial charge >= 0.3 is 5.97 Å². The number of halogens is 1. The van der Waals surface area contributed by atoms with Crippen LogP contribution in [0.5, 0.6) is 0 Å². The maximum atomic E-state index is 13.9. The SMILES string of the molecule is CCCCC(F)C(O)CC[C@H]1[C@H](O)CC(=O)[C@@H]1CCCCCCCC(=O)O. The van der Waals surface area contributed by atoms with Crippen LogP contribution in [-0.4, -0.2) is 45.5 Å². The van der Waals surface area contributed by atoms with E-state index < -0.39 is 24.3 Å². The molecule has 0 heterocycles. The fraction of sp³-hybridized carbons (Fsp3) is 0.905. The quantitative estimate of drug-likeness (QED) is 0.368. The molecule has 6 heteroatoms. The normalized spacial score (nSPS) is 24.9. The zero-order valence-electron chi connectivity index (χ0n) is 16.6. The molecule has 1 aliphatic rings. The number of aliphatic hydroxyl groups is 2. The summed E-state index contributed by atoms with van der Waals surface area (Å²) in [7, 11) is 0. The molecule has 0 radical (unpaired) electrons. The van der Waals surface area contributed by atoms with Gasteiger partial charge in [0, 0.05) is 18.8 Å². The predicted molar refractivity (Wildman–Crippen MR) is 102 cm³/mol. The second kappa shape index (κ2) is 13.2. The van der Waals surface area contributed by atoms with Gasteiger partial charge in [0.15, 0.2) is 0 Å². The number of Topliss-reactive ketones (excluding diaryl/α,β-unsaturated/α-hetero) is 1. The van der Waals surface area contributed by atoms with Crippen molar-refractivity contribution in [2.75, 3.05) is 0 Å². The molecule has 2 unspecified atom stereocenters. The molecule has 1 saturated carbocycles.